The summed E-state index contributed by atoms with van der Waals surface area (Å²) >= 11 is 0. The number of pyridine rings is 2. The molecule has 204 valence electrons. The van der Waals surface area contributed by atoms with E-state index in [9.17, 15) is 0 Å². The van der Waals surface area contributed by atoms with Crippen molar-refractivity contribution in [1.82, 2.24) is 18.9 Å². The molecule has 0 spiro atoms. The Labute approximate surface area is 248 Å². The summed E-state index contributed by atoms with van der Waals surface area (Å²) in [6, 6.07) is 41.6. The average molecular weight is 553 g/mol. The number of benzene rings is 5. The highest BCUT2D eigenvalue weighted by atomic mass is 15.1. The molecule has 0 saturated carbocycles. The average Bonchev–Trinajstić information content (AvgIpc) is 3.60. The van der Waals surface area contributed by atoms with Crippen molar-refractivity contribution in [1.29, 1.82) is 0 Å². The van der Waals surface area contributed by atoms with Crippen LogP contribution in [0.3, 0.4) is 0 Å². The number of para-hydroxylation sites is 3. The summed E-state index contributed by atoms with van der Waals surface area (Å²) in [6.45, 7) is 4.46. The summed E-state index contributed by atoms with van der Waals surface area (Å²) < 4.78 is 4.65. The second-order valence-corrected chi connectivity index (χ2v) is 11.4. The van der Waals surface area contributed by atoms with Crippen LogP contribution in [0.2, 0.25) is 0 Å². The van der Waals surface area contributed by atoms with Crippen LogP contribution < -0.4 is 0 Å². The molecule has 0 radical (unpaired) electrons. The van der Waals surface area contributed by atoms with Crippen LogP contribution >= 0.6 is 0 Å². The molecule has 9 rings (SSSR count). The molecule has 0 unspecified atom stereocenters. The third kappa shape index (κ3) is 3.38. The van der Waals surface area contributed by atoms with Gasteiger partial charge in [0.2, 0.25) is 0 Å². The first-order chi connectivity index (χ1) is 21.2. The van der Waals surface area contributed by atoms with Crippen molar-refractivity contribution in [3.8, 4) is 16.8 Å². The Hall–Kier alpha value is -5.48. The topological polar surface area (TPSA) is 35.1 Å². The van der Waals surface area contributed by atoms with E-state index in [0.717, 1.165) is 45.2 Å². The number of fused-ring (bicyclic) bond motifs is 11. The molecule has 43 heavy (non-hydrogen) atoms. The van der Waals surface area contributed by atoms with Crippen LogP contribution in [0.1, 0.15) is 18.1 Å². The fraction of sp³-hybridized carbons (Fsp3) is 0.0769. The lowest BCUT2D eigenvalue weighted by Gasteiger charge is -2.14. The van der Waals surface area contributed by atoms with E-state index in [0.29, 0.717) is 0 Å². The van der Waals surface area contributed by atoms with Crippen LogP contribution in [0.5, 0.6) is 0 Å². The highest BCUT2D eigenvalue weighted by Gasteiger charge is 2.20. The third-order valence-electron chi connectivity index (χ3n) is 9.05. The molecule has 0 fully saturated rings. The first kappa shape index (κ1) is 24.2. The van der Waals surface area contributed by atoms with E-state index >= 15 is 0 Å². The standard InChI is InChI=1S/C39H28N4/c1-3-25-20-31-32-21-30-28-16-11-19-40-38(28)43-35-18-10-9-17-34(35)41-39(43)33(30)23-37(32)42(26-13-5-4-6-14-26)36(31)22-29(25)27-15-8-7-12-24(27)2/h4-23H,3H2,1-2H3. The molecule has 0 bridgehead atoms. The molecule has 9 aromatic rings. The number of hydrogen-bond donors (Lipinski definition) is 0. The van der Waals surface area contributed by atoms with Crippen molar-refractivity contribution >= 4 is 60.3 Å². The number of nitrogens with zero attached hydrogens (tertiary/aromatic N) is 4. The van der Waals surface area contributed by atoms with Crippen molar-refractivity contribution in [2.24, 2.45) is 0 Å². The van der Waals surface area contributed by atoms with Crippen molar-refractivity contribution in [2.45, 2.75) is 20.3 Å². The van der Waals surface area contributed by atoms with Crippen LogP contribution in [-0.2, 0) is 6.42 Å². The highest BCUT2D eigenvalue weighted by molar-refractivity contribution is 6.21. The molecule has 0 atom stereocenters. The number of rotatable bonds is 3. The molecule has 0 aliphatic rings. The summed E-state index contributed by atoms with van der Waals surface area (Å²) in [5, 5.41) is 5.93. The highest BCUT2D eigenvalue weighted by Crippen LogP contribution is 2.41. The molecule has 0 aliphatic carbocycles. The minimum Gasteiger partial charge on any atom is -0.309 e. The van der Waals surface area contributed by atoms with Gasteiger partial charge < -0.3 is 4.57 Å². The van der Waals surface area contributed by atoms with Gasteiger partial charge in [0.05, 0.1) is 22.1 Å². The Morgan fingerprint density at radius 1 is 0.581 bits per heavy atom. The van der Waals surface area contributed by atoms with Crippen LogP contribution in [0, 0.1) is 6.92 Å². The van der Waals surface area contributed by atoms with Gasteiger partial charge >= 0.3 is 0 Å². The Balaban J connectivity index is 1.51. The van der Waals surface area contributed by atoms with Gasteiger partial charge in [-0.25, -0.2) is 9.97 Å². The monoisotopic (exact) mass is 552 g/mol. The summed E-state index contributed by atoms with van der Waals surface area (Å²) in [4.78, 5) is 10.0. The van der Waals surface area contributed by atoms with E-state index in [-0.39, 0.29) is 0 Å². The summed E-state index contributed by atoms with van der Waals surface area (Å²) in [6.07, 6.45) is 2.84. The fourth-order valence-corrected chi connectivity index (χ4v) is 7.04. The van der Waals surface area contributed by atoms with Crippen molar-refractivity contribution in [3.63, 3.8) is 0 Å². The van der Waals surface area contributed by atoms with E-state index in [1.165, 1.54) is 49.4 Å². The smallest absolute Gasteiger partial charge is 0.147 e. The molecule has 4 aromatic heterocycles. The fourth-order valence-electron chi connectivity index (χ4n) is 7.04. The SMILES string of the molecule is CCc1cc2c3cc4c5cccnc5n5c6ccccc6nc5c4cc3n(-c3ccccc3)c2cc1-c1ccccc1C. The third-order valence-corrected chi connectivity index (χ3v) is 9.05. The van der Waals surface area contributed by atoms with Gasteiger partial charge in [0.1, 0.15) is 11.3 Å². The van der Waals surface area contributed by atoms with Crippen LogP contribution in [0.4, 0.5) is 0 Å². The van der Waals surface area contributed by atoms with Gasteiger partial charge in [-0.1, -0.05) is 61.5 Å². The predicted octanol–water partition coefficient (Wildman–Crippen LogP) is 9.82. The van der Waals surface area contributed by atoms with Gasteiger partial charge in [-0.15, -0.1) is 0 Å². The van der Waals surface area contributed by atoms with E-state index in [1.807, 2.05) is 12.3 Å². The molecule has 0 saturated heterocycles. The molecule has 4 heteroatoms. The molecule has 5 aromatic carbocycles. The molecular weight excluding hydrogens is 524 g/mol. The zero-order valence-corrected chi connectivity index (χ0v) is 24.0. The summed E-state index contributed by atoms with van der Waals surface area (Å²) in [5.74, 6) is 0. The lowest BCUT2D eigenvalue weighted by atomic mass is 9.93. The minimum absolute atomic E-state index is 0.931. The Kier molecular flexibility index (Phi) is 5.06. The van der Waals surface area contributed by atoms with E-state index in [4.69, 9.17) is 9.97 Å². The first-order valence-corrected chi connectivity index (χ1v) is 14.9. The van der Waals surface area contributed by atoms with Crippen molar-refractivity contribution in [2.75, 3.05) is 0 Å². The van der Waals surface area contributed by atoms with Crippen molar-refractivity contribution < 1.29 is 0 Å². The number of imidazole rings is 1. The molecule has 4 heterocycles. The van der Waals surface area contributed by atoms with Crippen LogP contribution in [0.25, 0.3) is 77.1 Å². The lowest BCUT2D eigenvalue weighted by molar-refractivity contribution is 1.14. The number of aryl methyl sites for hydroxylation is 2. The Morgan fingerprint density at radius 2 is 1.35 bits per heavy atom. The number of hydrogen-bond acceptors (Lipinski definition) is 2. The van der Waals surface area contributed by atoms with Gasteiger partial charge in [-0.05, 0) is 102 Å². The summed E-state index contributed by atoms with van der Waals surface area (Å²) in [7, 11) is 0. The quantitative estimate of drug-likeness (QED) is 0.205. The molecular formula is C39H28N4. The maximum absolute atomic E-state index is 5.16. The largest absolute Gasteiger partial charge is 0.309 e. The maximum Gasteiger partial charge on any atom is 0.147 e. The molecule has 0 N–H and O–H groups in total. The normalized spacial score (nSPS) is 12.0. The number of aromatic nitrogens is 4. The lowest BCUT2D eigenvalue weighted by Crippen LogP contribution is -1.96. The predicted molar refractivity (Wildman–Crippen MR) is 179 cm³/mol. The van der Waals surface area contributed by atoms with E-state index in [1.54, 1.807) is 0 Å². The zero-order valence-electron chi connectivity index (χ0n) is 24.0. The van der Waals surface area contributed by atoms with Gasteiger partial charge in [-0.2, -0.15) is 0 Å². The Bertz CT molecular complexity index is 2550. The summed E-state index contributed by atoms with van der Waals surface area (Å²) in [5.41, 5.74) is 12.7. The molecule has 0 amide bonds. The van der Waals surface area contributed by atoms with Gasteiger partial charge in [0.25, 0.3) is 0 Å². The zero-order chi connectivity index (χ0) is 28.7. The van der Waals surface area contributed by atoms with Crippen molar-refractivity contribution in [3.05, 3.63) is 133 Å². The van der Waals surface area contributed by atoms with Gasteiger partial charge in [0, 0.05) is 33.4 Å². The van der Waals surface area contributed by atoms with Gasteiger partial charge in [-0.3, -0.25) is 4.40 Å². The second kappa shape index (κ2) is 9.01. The van der Waals surface area contributed by atoms with E-state index in [2.05, 4.69) is 132 Å². The van der Waals surface area contributed by atoms with Gasteiger partial charge in [0.15, 0.2) is 0 Å². The maximum atomic E-state index is 5.16. The second-order valence-electron chi connectivity index (χ2n) is 11.4. The van der Waals surface area contributed by atoms with Crippen LogP contribution in [0.15, 0.2) is 121 Å². The molecule has 0 aliphatic heterocycles. The minimum atomic E-state index is 0.931. The first-order valence-electron chi connectivity index (χ1n) is 14.9. The van der Waals surface area contributed by atoms with E-state index < -0.39 is 0 Å². The Morgan fingerprint density at radius 3 is 2.21 bits per heavy atom. The van der Waals surface area contributed by atoms with Crippen LogP contribution in [-0.4, -0.2) is 18.9 Å². The molecule has 4 nitrogen and oxygen atoms in total.